The predicted octanol–water partition coefficient (Wildman–Crippen LogP) is 3.42. The van der Waals surface area contributed by atoms with Crippen molar-refractivity contribution in [2.75, 3.05) is 0 Å². The number of nitrogens with one attached hydrogen (secondary N) is 3. The molecule has 3 N–H and O–H groups in total. The first-order chi connectivity index (χ1) is 15.2. The third-order valence-corrected chi connectivity index (χ3v) is 6.64. The zero-order valence-corrected chi connectivity index (χ0v) is 17.6. The molecule has 5 heterocycles. The van der Waals surface area contributed by atoms with Crippen LogP contribution >= 0.6 is 22.9 Å². The smallest absolute Gasteiger partial charge is 0.291 e. The number of aromatic amines is 3. The lowest BCUT2D eigenvalue weighted by atomic mass is 10.1. The van der Waals surface area contributed by atoms with E-state index in [-0.39, 0.29) is 5.56 Å². The minimum absolute atomic E-state index is 0.170. The number of benzene rings is 1. The zero-order valence-electron chi connectivity index (χ0n) is 16.0. The molecule has 154 valence electrons. The number of hydrogen-bond donors (Lipinski definition) is 3. The summed E-state index contributed by atoms with van der Waals surface area (Å²) < 4.78 is 2.41. The van der Waals surface area contributed by atoms with Gasteiger partial charge in [0.2, 0.25) is 0 Å². The van der Waals surface area contributed by atoms with Crippen molar-refractivity contribution in [3.63, 3.8) is 0 Å². The molecule has 0 atom stereocenters. The van der Waals surface area contributed by atoms with Crippen LogP contribution in [0.1, 0.15) is 16.3 Å². The molecule has 0 fully saturated rings. The molecule has 0 bridgehead atoms. The number of halogens is 1. The van der Waals surface area contributed by atoms with E-state index in [1.54, 1.807) is 23.7 Å². The highest BCUT2D eigenvalue weighted by molar-refractivity contribution is 7.19. The Hall–Kier alpha value is -3.50. The number of fused-ring (bicyclic) bond motifs is 4. The van der Waals surface area contributed by atoms with Gasteiger partial charge in [-0.05, 0) is 24.1 Å². The van der Waals surface area contributed by atoms with E-state index in [4.69, 9.17) is 11.6 Å². The summed E-state index contributed by atoms with van der Waals surface area (Å²) in [6.07, 6.45) is 4.98. The average molecular weight is 451 g/mol. The molecule has 0 aliphatic rings. The standard InChI is InChI=1S/C20H15ClN8OS/c21-15-6-11(26-28-15)4-5-16-24-19-18(31-16)13-8-23-29(20(30)17(13)25-19)9-10-2-1-3-14-12(10)7-22-27-14/h1-3,6-8,25H,4-5,9H2,(H,22,27)(H,26,28). The van der Waals surface area contributed by atoms with Gasteiger partial charge in [-0.3, -0.25) is 15.0 Å². The van der Waals surface area contributed by atoms with Crippen LogP contribution in [-0.4, -0.2) is 40.1 Å². The summed E-state index contributed by atoms with van der Waals surface area (Å²) in [7, 11) is 0. The van der Waals surface area contributed by atoms with Gasteiger partial charge in [-0.2, -0.15) is 15.3 Å². The number of H-pyrrole nitrogens is 3. The van der Waals surface area contributed by atoms with Gasteiger partial charge >= 0.3 is 0 Å². The fraction of sp³-hybridized carbons (Fsp3) is 0.150. The summed E-state index contributed by atoms with van der Waals surface area (Å²) >= 11 is 7.44. The second kappa shape index (κ2) is 7.03. The molecule has 1 aromatic carbocycles. The van der Waals surface area contributed by atoms with Gasteiger partial charge in [0, 0.05) is 17.2 Å². The van der Waals surface area contributed by atoms with Gasteiger partial charge in [0.25, 0.3) is 5.56 Å². The molecule has 31 heavy (non-hydrogen) atoms. The highest BCUT2D eigenvalue weighted by Crippen LogP contribution is 2.29. The van der Waals surface area contributed by atoms with Crippen molar-refractivity contribution >= 4 is 55.1 Å². The molecule has 0 amide bonds. The van der Waals surface area contributed by atoms with Crippen molar-refractivity contribution in [2.45, 2.75) is 19.4 Å². The first kappa shape index (κ1) is 18.3. The lowest BCUT2D eigenvalue weighted by Gasteiger charge is -2.05. The molecule has 11 heteroatoms. The summed E-state index contributed by atoms with van der Waals surface area (Å²) in [6.45, 7) is 0.364. The molecule has 6 rings (SSSR count). The van der Waals surface area contributed by atoms with Gasteiger partial charge in [-0.25, -0.2) is 9.67 Å². The molecule has 9 nitrogen and oxygen atoms in total. The Morgan fingerprint density at radius 2 is 2.06 bits per heavy atom. The van der Waals surface area contributed by atoms with Crippen molar-refractivity contribution < 1.29 is 0 Å². The number of rotatable bonds is 5. The van der Waals surface area contributed by atoms with Crippen molar-refractivity contribution in [1.29, 1.82) is 0 Å². The summed E-state index contributed by atoms with van der Waals surface area (Å²) in [5.41, 5.74) is 3.87. The lowest BCUT2D eigenvalue weighted by Crippen LogP contribution is -2.23. The highest BCUT2D eigenvalue weighted by Gasteiger charge is 2.16. The second-order valence-electron chi connectivity index (χ2n) is 7.26. The van der Waals surface area contributed by atoms with Crippen LogP contribution in [0.5, 0.6) is 0 Å². The number of aromatic nitrogens is 8. The number of nitrogens with zero attached hydrogens (tertiary/aromatic N) is 5. The van der Waals surface area contributed by atoms with E-state index < -0.39 is 0 Å². The first-order valence-corrected chi connectivity index (χ1v) is 10.8. The van der Waals surface area contributed by atoms with Crippen LogP contribution in [0, 0.1) is 0 Å². The Kier molecular flexibility index (Phi) is 4.15. The molecule has 0 aliphatic heterocycles. The highest BCUT2D eigenvalue weighted by atomic mass is 35.5. The van der Waals surface area contributed by atoms with E-state index in [9.17, 15) is 4.79 Å². The van der Waals surface area contributed by atoms with Gasteiger partial charge in [0.15, 0.2) is 0 Å². The maximum absolute atomic E-state index is 13.1. The third-order valence-electron chi connectivity index (χ3n) is 5.29. The van der Waals surface area contributed by atoms with E-state index in [1.165, 1.54) is 4.68 Å². The third kappa shape index (κ3) is 3.11. The number of hydrogen-bond acceptors (Lipinski definition) is 6. The van der Waals surface area contributed by atoms with Crippen molar-refractivity contribution in [3.05, 3.63) is 68.4 Å². The normalized spacial score (nSPS) is 11.9. The fourth-order valence-corrected chi connectivity index (χ4v) is 4.98. The van der Waals surface area contributed by atoms with Gasteiger partial charge in [0.1, 0.15) is 16.3 Å². The largest absolute Gasteiger partial charge is 0.334 e. The quantitative estimate of drug-likeness (QED) is 0.371. The molecular formula is C20H15ClN8OS. The van der Waals surface area contributed by atoms with Crippen LogP contribution in [0.3, 0.4) is 0 Å². The molecule has 0 aliphatic carbocycles. The number of thiazole rings is 1. The summed E-state index contributed by atoms with van der Waals surface area (Å²) in [4.78, 5) is 20.9. The zero-order chi connectivity index (χ0) is 20.9. The van der Waals surface area contributed by atoms with Crippen LogP contribution in [0.2, 0.25) is 5.15 Å². The van der Waals surface area contributed by atoms with Gasteiger partial charge < -0.3 is 4.98 Å². The Morgan fingerprint density at radius 3 is 2.94 bits per heavy atom. The SMILES string of the molecule is O=c1c2[nH]c3nc(CCc4cc(Cl)[nH]n4)sc3c2cnn1Cc1cccc2[nH]ncc12. The van der Waals surface area contributed by atoms with Gasteiger partial charge in [-0.15, -0.1) is 11.3 Å². The van der Waals surface area contributed by atoms with Crippen LogP contribution in [0.15, 0.2) is 41.5 Å². The van der Waals surface area contributed by atoms with Crippen LogP contribution < -0.4 is 5.56 Å². The van der Waals surface area contributed by atoms with Crippen molar-refractivity contribution in [3.8, 4) is 0 Å². The number of aryl methyl sites for hydroxylation is 2. The van der Waals surface area contributed by atoms with E-state index in [0.29, 0.717) is 22.9 Å². The predicted molar refractivity (Wildman–Crippen MR) is 120 cm³/mol. The summed E-state index contributed by atoms with van der Waals surface area (Å²) in [5.74, 6) is 0. The Balaban J connectivity index is 1.33. The second-order valence-corrected chi connectivity index (χ2v) is 8.75. The lowest BCUT2D eigenvalue weighted by molar-refractivity contribution is 0.649. The van der Waals surface area contributed by atoms with Crippen LogP contribution in [0.25, 0.3) is 32.2 Å². The van der Waals surface area contributed by atoms with Gasteiger partial charge in [-0.1, -0.05) is 23.7 Å². The Labute approximate surface area is 183 Å². The molecule has 0 unspecified atom stereocenters. The summed E-state index contributed by atoms with van der Waals surface area (Å²) in [6, 6.07) is 7.68. The minimum Gasteiger partial charge on any atom is -0.334 e. The molecule has 6 aromatic rings. The Bertz CT molecular complexity index is 1620. The fourth-order valence-electron chi connectivity index (χ4n) is 3.78. The molecule has 0 saturated heterocycles. The monoisotopic (exact) mass is 450 g/mol. The molecular weight excluding hydrogens is 436 g/mol. The Morgan fingerprint density at radius 1 is 1.13 bits per heavy atom. The molecule has 5 aromatic heterocycles. The van der Waals surface area contributed by atoms with Crippen LogP contribution in [-0.2, 0) is 19.4 Å². The van der Waals surface area contributed by atoms with E-state index in [1.807, 2.05) is 24.3 Å². The maximum atomic E-state index is 13.1. The van der Waals surface area contributed by atoms with Crippen molar-refractivity contribution in [1.82, 2.24) is 40.1 Å². The molecule has 0 spiro atoms. The van der Waals surface area contributed by atoms with E-state index in [0.717, 1.165) is 50.1 Å². The summed E-state index contributed by atoms with van der Waals surface area (Å²) in [5, 5.41) is 21.6. The van der Waals surface area contributed by atoms with Gasteiger partial charge in [0.05, 0.1) is 39.9 Å². The minimum atomic E-state index is -0.170. The van der Waals surface area contributed by atoms with Crippen LogP contribution in [0.4, 0.5) is 0 Å². The van der Waals surface area contributed by atoms with E-state index >= 15 is 0 Å². The van der Waals surface area contributed by atoms with Crippen molar-refractivity contribution in [2.24, 2.45) is 0 Å². The molecule has 0 radical (unpaired) electrons. The van der Waals surface area contributed by atoms with E-state index in [2.05, 4.69) is 35.5 Å². The maximum Gasteiger partial charge on any atom is 0.291 e. The topological polar surface area (TPSA) is 121 Å². The first-order valence-electron chi connectivity index (χ1n) is 9.63. The molecule has 0 saturated carbocycles. The average Bonchev–Trinajstić information content (AvgIpc) is 3.52.